The van der Waals surface area contributed by atoms with Gasteiger partial charge in [0.1, 0.15) is 13.2 Å². The fourth-order valence-electron chi connectivity index (χ4n) is 4.78. The van der Waals surface area contributed by atoms with Crippen LogP contribution in [0.25, 0.3) is 0 Å². The number of phosphoric ester groups is 1. The van der Waals surface area contributed by atoms with E-state index in [4.69, 9.17) is 9.05 Å². The molecule has 0 spiro atoms. The molecule has 0 aromatic carbocycles. The van der Waals surface area contributed by atoms with Crippen molar-refractivity contribution in [3.63, 3.8) is 0 Å². The van der Waals surface area contributed by atoms with E-state index < -0.39 is 20.0 Å². The lowest BCUT2D eigenvalue weighted by Crippen LogP contribution is -2.46. The van der Waals surface area contributed by atoms with Crippen molar-refractivity contribution in [1.29, 1.82) is 0 Å². The molecule has 0 bridgehead atoms. The molecule has 0 aromatic heterocycles. The predicted octanol–water partition coefficient (Wildman–Crippen LogP) is 8.63. The zero-order chi connectivity index (χ0) is 32.9. The zero-order valence-corrected chi connectivity index (χ0v) is 30.0. The Kier molecular flexibility index (Phi) is 27.6. The van der Waals surface area contributed by atoms with Crippen LogP contribution in [0.2, 0.25) is 0 Å². The molecule has 3 atom stereocenters. The maximum Gasteiger partial charge on any atom is 0.472 e. The van der Waals surface area contributed by atoms with Gasteiger partial charge >= 0.3 is 7.82 Å². The van der Waals surface area contributed by atoms with Gasteiger partial charge in [0.2, 0.25) is 5.91 Å². The van der Waals surface area contributed by atoms with Crippen molar-refractivity contribution in [3.8, 4) is 0 Å². The van der Waals surface area contributed by atoms with Gasteiger partial charge in [-0.15, -0.1) is 0 Å². The van der Waals surface area contributed by atoms with Gasteiger partial charge in [0, 0.05) is 6.42 Å². The highest BCUT2D eigenvalue weighted by Gasteiger charge is 2.28. The number of unbranched alkanes of at least 4 members (excludes halogenated alkanes) is 14. The summed E-state index contributed by atoms with van der Waals surface area (Å²) in [5.41, 5.74) is 0. The van der Waals surface area contributed by atoms with Gasteiger partial charge in [0.05, 0.1) is 39.9 Å². The molecular formula is C35H70N2O6P+. The van der Waals surface area contributed by atoms with Crippen molar-refractivity contribution >= 4 is 13.7 Å². The lowest BCUT2D eigenvalue weighted by Gasteiger charge is -2.26. The summed E-state index contributed by atoms with van der Waals surface area (Å²) < 4.78 is 23.4. The van der Waals surface area contributed by atoms with Crippen molar-refractivity contribution in [3.05, 3.63) is 24.3 Å². The largest absolute Gasteiger partial charge is 0.472 e. The molecule has 1 amide bonds. The number of carbonyl (C=O) groups is 1. The second kappa shape index (κ2) is 28.2. The van der Waals surface area contributed by atoms with Crippen LogP contribution in [0.5, 0.6) is 0 Å². The van der Waals surface area contributed by atoms with E-state index in [0.717, 1.165) is 64.2 Å². The third kappa shape index (κ3) is 29.7. The smallest absolute Gasteiger partial charge is 0.391 e. The van der Waals surface area contributed by atoms with Crippen LogP contribution in [-0.4, -0.2) is 73.4 Å². The first kappa shape index (κ1) is 43.0. The average molecular weight is 646 g/mol. The number of quaternary nitrogens is 1. The molecule has 0 saturated heterocycles. The highest BCUT2D eigenvalue weighted by molar-refractivity contribution is 7.47. The first-order valence-corrected chi connectivity index (χ1v) is 19.2. The van der Waals surface area contributed by atoms with E-state index in [1.54, 1.807) is 0 Å². The van der Waals surface area contributed by atoms with E-state index in [2.05, 4.69) is 43.5 Å². The fraction of sp³-hybridized carbons (Fsp3) is 0.857. The summed E-state index contributed by atoms with van der Waals surface area (Å²) in [5.74, 6) is -0.165. The van der Waals surface area contributed by atoms with Crippen molar-refractivity contribution < 1.29 is 32.9 Å². The molecule has 44 heavy (non-hydrogen) atoms. The van der Waals surface area contributed by atoms with Gasteiger partial charge in [-0.25, -0.2) is 4.57 Å². The summed E-state index contributed by atoms with van der Waals surface area (Å²) in [4.78, 5) is 22.9. The first-order valence-electron chi connectivity index (χ1n) is 17.7. The van der Waals surface area contributed by atoms with Crippen LogP contribution in [0.3, 0.4) is 0 Å². The number of aliphatic hydroxyl groups is 1. The number of likely N-dealkylation sites (N-methyl/N-ethyl adjacent to an activating group) is 1. The lowest BCUT2D eigenvalue weighted by molar-refractivity contribution is -0.870. The van der Waals surface area contributed by atoms with Crippen LogP contribution < -0.4 is 5.32 Å². The highest BCUT2D eigenvalue weighted by Crippen LogP contribution is 2.43. The summed E-state index contributed by atoms with van der Waals surface area (Å²) in [6.45, 7) is 4.77. The molecule has 0 aliphatic rings. The topological polar surface area (TPSA) is 105 Å². The van der Waals surface area contributed by atoms with Crippen LogP contribution in [0.4, 0.5) is 0 Å². The Hall–Kier alpha value is -1.02. The summed E-state index contributed by atoms with van der Waals surface area (Å²) in [6, 6.07) is -0.761. The molecule has 0 aliphatic heterocycles. The molecule has 0 radical (unpaired) electrons. The SMILES string of the molecule is CCCCC/C=C\C/C=C\CCCCCCCC(=O)NC(COP(=O)(O)OCC[N+](C)(C)C)C(O)CCCCCCCCC. The summed E-state index contributed by atoms with van der Waals surface area (Å²) in [5, 5.41) is 13.7. The monoisotopic (exact) mass is 645 g/mol. The molecule has 8 nitrogen and oxygen atoms in total. The van der Waals surface area contributed by atoms with Crippen LogP contribution in [-0.2, 0) is 18.4 Å². The minimum Gasteiger partial charge on any atom is -0.391 e. The van der Waals surface area contributed by atoms with Gasteiger partial charge in [0.25, 0.3) is 0 Å². The Morgan fingerprint density at radius 1 is 0.773 bits per heavy atom. The summed E-state index contributed by atoms with van der Waals surface area (Å²) in [6.07, 6.45) is 29.2. The number of allylic oxidation sites excluding steroid dienone is 4. The first-order chi connectivity index (χ1) is 21.0. The average Bonchev–Trinajstić information content (AvgIpc) is 2.95. The van der Waals surface area contributed by atoms with Gasteiger partial charge in [-0.05, 0) is 44.9 Å². The number of carbonyl (C=O) groups excluding carboxylic acids is 1. The molecule has 3 unspecified atom stereocenters. The number of rotatable bonds is 31. The number of hydrogen-bond donors (Lipinski definition) is 3. The van der Waals surface area contributed by atoms with E-state index in [-0.39, 0.29) is 19.1 Å². The van der Waals surface area contributed by atoms with Crippen molar-refractivity contribution in [1.82, 2.24) is 5.32 Å². The molecule has 0 rings (SSSR count). The lowest BCUT2D eigenvalue weighted by atomic mass is 10.0. The van der Waals surface area contributed by atoms with E-state index in [1.165, 1.54) is 51.4 Å². The molecule has 0 fully saturated rings. The van der Waals surface area contributed by atoms with Gasteiger partial charge in [-0.2, -0.15) is 0 Å². The van der Waals surface area contributed by atoms with Crippen molar-refractivity contribution in [2.24, 2.45) is 0 Å². The summed E-state index contributed by atoms with van der Waals surface area (Å²) in [7, 11) is 1.60. The number of phosphoric acid groups is 1. The molecule has 260 valence electrons. The Bertz CT molecular complexity index is 784. The molecule has 0 heterocycles. The Morgan fingerprint density at radius 2 is 1.30 bits per heavy atom. The van der Waals surface area contributed by atoms with E-state index in [9.17, 15) is 19.4 Å². The minimum absolute atomic E-state index is 0.0711. The predicted molar refractivity (Wildman–Crippen MR) is 185 cm³/mol. The quantitative estimate of drug-likeness (QED) is 0.0302. The maximum atomic E-state index is 12.7. The fourth-order valence-corrected chi connectivity index (χ4v) is 5.51. The van der Waals surface area contributed by atoms with Crippen molar-refractivity contribution in [2.45, 2.75) is 154 Å². The molecule has 0 saturated carbocycles. The third-order valence-electron chi connectivity index (χ3n) is 7.70. The Labute approximate surface area is 271 Å². The Balaban J connectivity index is 4.45. The zero-order valence-electron chi connectivity index (χ0n) is 29.1. The van der Waals surface area contributed by atoms with Gasteiger partial charge in [-0.1, -0.05) is 115 Å². The Morgan fingerprint density at radius 3 is 1.91 bits per heavy atom. The van der Waals surface area contributed by atoms with Gasteiger partial charge < -0.3 is 19.8 Å². The molecule has 0 aromatic rings. The van der Waals surface area contributed by atoms with Gasteiger partial charge in [0.15, 0.2) is 0 Å². The molecule has 3 N–H and O–H groups in total. The second-order valence-corrected chi connectivity index (χ2v) is 14.7. The number of hydrogen-bond acceptors (Lipinski definition) is 5. The third-order valence-corrected chi connectivity index (χ3v) is 8.69. The number of aliphatic hydroxyl groups excluding tert-OH is 1. The minimum atomic E-state index is -4.30. The van der Waals surface area contributed by atoms with Crippen molar-refractivity contribution in [2.75, 3.05) is 40.9 Å². The van der Waals surface area contributed by atoms with E-state index >= 15 is 0 Å². The molecular weight excluding hydrogens is 575 g/mol. The van der Waals surface area contributed by atoms with Crippen LogP contribution in [0.15, 0.2) is 24.3 Å². The maximum absolute atomic E-state index is 12.7. The summed E-state index contributed by atoms with van der Waals surface area (Å²) >= 11 is 0. The number of nitrogens with one attached hydrogen (secondary N) is 1. The normalized spacial score (nSPS) is 15.2. The van der Waals surface area contributed by atoms with Crippen LogP contribution >= 0.6 is 7.82 Å². The molecule has 0 aliphatic carbocycles. The van der Waals surface area contributed by atoms with E-state index in [0.29, 0.717) is 23.9 Å². The number of amides is 1. The van der Waals surface area contributed by atoms with E-state index in [1.807, 2.05) is 21.1 Å². The number of nitrogens with zero attached hydrogens (tertiary/aromatic N) is 1. The standard InChI is InChI=1S/C35H69N2O6P/c1-6-8-10-12-14-15-16-17-18-19-20-21-23-25-27-29-35(39)36-33(34(38)28-26-24-22-13-11-9-7-2)32-43-44(40,41)42-31-30-37(3,4)5/h14-15,17-18,33-34,38H,6-13,16,19-32H2,1-5H3,(H-,36,39,40,41)/p+1/b15-14-,18-17-. The van der Waals surface area contributed by atoms with Crippen LogP contribution in [0.1, 0.15) is 142 Å². The second-order valence-electron chi connectivity index (χ2n) is 13.2. The van der Waals surface area contributed by atoms with Gasteiger partial charge in [-0.3, -0.25) is 13.8 Å². The highest BCUT2D eigenvalue weighted by atomic mass is 31.2. The molecule has 9 heteroatoms. The van der Waals surface area contributed by atoms with Crippen LogP contribution in [0, 0.1) is 0 Å².